The largest absolute Gasteiger partial charge is 0.399 e. The van der Waals surface area contributed by atoms with Crippen molar-refractivity contribution in [3.05, 3.63) is 24.3 Å². The SMILES string of the molecule is CCN1CCOC(CS(=O)(=O)c2cccc(N)c2)C1. The highest BCUT2D eigenvalue weighted by atomic mass is 32.2. The fourth-order valence-electron chi connectivity index (χ4n) is 2.22. The molecule has 1 unspecified atom stereocenters. The predicted molar refractivity (Wildman–Crippen MR) is 74.8 cm³/mol. The molecule has 19 heavy (non-hydrogen) atoms. The number of nitrogens with zero attached hydrogens (tertiary/aromatic N) is 1. The molecule has 0 spiro atoms. The van der Waals surface area contributed by atoms with Crippen molar-refractivity contribution in [2.24, 2.45) is 0 Å². The van der Waals surface area contributed by atoms with Crippen molar-refractivity contribution in [3.8, 4) is 0 Å². The maximum atomic E-state index is 12.3. The van der Waals surface area contributed by atoms with E-state index in [1.165, 1.54) is 6.07 Å². The summed E-state index contributed by atoms with van der Waals surface area (Å²) >= 11 is 0. The molecule has 1 aromatic rings. The Morgan fingerprint density at radius 1 is 1.47 bits per heavy atom. The maximum absolute atomic E-state index is 12.3. The van der Waals surface area contributed by atoms with Gasteiger partial charge in [-0.2, -0.15) is 0 Å². The number of nitrogen functional groups attached to an aromatic ring is 1. The summed E-state index contributed by atoms with van der Waals surface area (Å²) in [5.74, 6) is 0.00690. The first-order chi connectivity index (χ1) is 9.01. The van der Waals surface area contributed by atoms with Gasteiger partial charge in [-0.25, -0.2) is 8.42 Å². The van der Waals surface area contributed by atoms with Gasteiger partial charge in [-0.05, 0) is 24.7 Å². The highest BCUT2D eigenvalue weighted by Crippen LogP contribution is 2.17. The minimum atomic E-state index is -3.35. The van der Waals surface area contributed by atoms with Crippen molar-refractivity contribution in [2.45, 2.75) is 17.9 Å². The molecule has 1 saturated heterocycles. The summed E-state index contributed by atoms with van der Waals surface area (Å²) in [5, 5.41) is 0. The van der Waals surface area contributed by atoms with Crippen LogP contribution in [0.3, 0.4) is 0 Å². The monoisotopic (exact) mass is 284 g/mol. The number of benzene rings is 1. The molecular weight excluding hydrogens is 264 g/mol. The van der Waals surface area contributed by atoms with Crippen LogP contribution in [0.15, 0.2) is 29.2 Å². The van der Waals surface area contributed by atoms with Crippen LogP contribution in [0, 0.1) is 0 Å². The molecule has 0 aliphatic carbocycles. The normalized spacial score (nSPS) is 21.4. The zero-order chi connectivity index (χ0) is 13.9. The molecule has 106 valence electrons. The lowest BCUT2D eigenvalue weighted by Crippen LogP contribution is -2.45. The van der Waals surface area contributed by atoms with Crippen molar-refractivity contribution in [1.29, 1.82) is 0 Å². The van der Waals surface area contributed by atoms with E-state index < -0.39 is 9.84 Å². The molecule has 0 bridgehead atoms. The standard InChI is InChI=1S/C13H20N2O3S/c1-2-15-6-7-18-12(9-15)10-19(16,17)13-5-3-4-11(14)8-13/h3-5,8,12H,2,6-7,9-10,14H2,1H3. The summed E-state index contributed by atoms with van der Waals surface area (Å²) < 4.78 is 30.1. The average molecular weight is 284 g/mol. The van der Waals surface area contributed by atoms with E-state index in [0.717, 1.165) is 13.1 Å². The molecule has 0 aromatic heterocycles. The van der Waals surface area contributed by atoms with E-state index in [1.807, 2.05) is 0 Å². The minimum absolute atomic E-state index is 0.00690. The Hall–Kier alpha value is -1.11. The zero-order valence-electron chi connectivity index (χ0n) is 11.1. The van der Waals surface area contributed by atoms with E-state index >= 15 is 0 Å². The first-order valence-corrected chi connectivity index (χ1v) is 8.09. The maximum Gasteiger partial charge on any atom is 0.181 e. The second kappa shape index (κ2) is 5.90. The van der Waals surface area contributed by atoms with Crippen LogP contribution in [0.5, 0.6) is 0 Å². The Balaban J connectivity index is 2.09. The average Bonchev–Trinajstić information content (AvgIpc) is 2.38. The lowest BCUT2D eigenvalue weighted by Gasteiger charge is -2.31. The number of morpholine rings is 1. The van der Waals surface area contributed by atoms with E-state index in [1.54, 1.807) is 18.2 Å². The molecule has 1 fully saturated rings. The Morgan fingerprint density at radius 2 is 2.26 bits per heavy atom. The fraction of sp³-hybridized carbons (Fsp3) is 0.538. The summed E-state index contributed by atoms with van der Waals surface area (Å²) in [6.07, 6.45) is -0.264. The second-order valence-corrected chi connectivity index (χ2v) is 6.77. The Morgan fingerprint density at radius 3 is 2.95 bits per heavy atom. The van der Waals surface area contributed by atoms with E-state index in [0.29, 0.717) is 18.8 Å². The summed E-state index contributed by atoms with van der Waals surface area (Å²) in [6, 6.07) is 6.40. The van der Waals surface area contributed by atoms with Gasteiger partial charge in [0.25, 0.3) is 0 Å². The highest BCUT2D eigenvalue weighted by Gasteiger charge is 2.26. The van der Waals surface area contributed by atoms with Crippen LogP contribution < -0.4 is 5.73 Å². The van der Waals surface area contributed by atoms with Gasteiger partial charge < -0.3 is 10.5 Å². The zero-order valence-corrected chi connectivity index (χ0v) is 11.9. The van der Waals surface area contributed by atoms with Gasteiger partial charge in [-0.15, -0.1) is 0 Å². The number of likely N-dealkylation sites (N-methyl/N-ethyl adjacent to an activating group) is 1. The lowest BCUT2D eigenvalue weighted by atomic mass is 10.3. The molecule has 1 aliphatic rings. The van der Waals surface area contributed by atoms with Crippen LogP contribution >= 0.6 is 0 Å². The topological polar surface area (TPSA) is 72.6 Å². The molecule has 2 rings (SSSR count). The number of hydrogen-bond acceptors (Lipinski definition) is 5. The summed E-state index contributed by atoms with van der Waals surface area (Å²) in [7, 11) is -3.35. The molecule has 5 nitrogen and oxygen atoms in total. The van der Waals surface area contributed by atoms with E-state index in [9.17, 15) is 8.42 Å². The smallest absolute Gasteiger partial charge is 0.181 e. The molecule has 0 radical (unpaired) electrons. The molecule has 1 aromatic carbocycles. The first kappa shape index (κ1) is 14.3. The molecule has 6 heteroatoms. The predicted octanol–water partition coefficient (Wildman–Crippen LogP) is 0.763. The van der Waals surface area contributed by atoms with Gasteiger partial charge in [0.05, 0.1) is 23.4 Å². The number of hydrogen-bond donors (Lipinski definition) is 1. The molecule has 1 aliphatic heterocycles. The molecule has 2 N–H and O–H groups in total. The van der Waals surface area contributed by atoms with Gasteiger partial charge in [-0.1, -0.05) is 13.0 Å². The van der Waals surface area contributed by atoms with Gasteiger partial charge in [0.15, 0.2) is 9.84 Å². The van der Waals surface area contributed by atoms with Gasteiger partial charge in [0, 0.05) is 18.8 Å². The fourth-order valence-corrected chi connectivity index (χ4v) is 3.70. The van der Waals surface area contributed by atoms with Crippen LogP contribution in [0.25, 0.3) is 0 Å². The van der Waals surface area contributed by atoms with Crippen LogP contribution in [0.2, 0.25) is 0 Å². The summed E-state index contributed by atoms with van der Waals surface area (Å²) in [4.78, 5) is 2.47. The van der Waals surface area contributed by atoms with Crippen molar-refractivity contribution >= 4 is 15.5 Å². The quantitative estimate of drug-likeness (QED) is 0.827. The van der Waals surface area contributed by atoms with E-state index in [4.69, 9.17) is 10.5 Å². The van der Waals surface area contributed by atoms with Gasteiger partial charge in [-0.3, -0.25) is 4.90 Å². The first-order valence-electron chi connectivity index (χ1n) is 6.43. The second-order valence-electron chi connectivity index (χ2n) is 4.74. The van der Waals surface area contributed by atoms with Crippen molar-refractivity contribution < 1.29 is 13.2 Å². The van der Waals surface area contributed by atoms with E-state index in [-0.39, 0.29) is 16.8 Å². The van der Waals surface area contributed by atoms with Crippen LogP contribution in [0.4, 0.5) is 5.69 Å². The van der Waals surface area contributed by atoms with Crippen molar-refractivity contribution in [1.82, 2.24) is 4.90 Å². The van der Waals surface area contributed by atoms with Crippen molar-refractivity contribution in [3.63, 3.8) is 0 Å². The third-order valence-corrected chi connectivity index (χ3v) is 5.08. The number of nitrogens with two attached hydrogens (primary N) is 1. The molecule has 1 atom stereocenters. The molecule has 0 amide bonds. The van der Waals surface area contributed by atoms with Gasteiger partial charge in [0.2, 0.25) is 0 Å². The minimum Gasteiger partial charge on any atom is -0.399 e. The summed E-state index contributed by atoms with van der Waals surface area (Å²) in [5.41, 5.74) is 6.09. The molecule has 0 saturated carbocycles. The van der Waals surface area contributed by atoms with Gasteiger partial charge >= 0.3 is 0 Å². The number of rotatable bonds is 4. The Bertz CT molecular complexity index is 530. The van der Waals surface area contributed by atoms with E-state index in [2.05, 4.69) is 11.8 Å². The number of anilines is 1. The number of sulfone groups is 1. The van der Waals surface area contributed by atoms with Crippen molar-refractivity contribution in [2.75, 3.05) is 37.7 Å². The molecular formula is C13H20N2O3S. The van der Waals surface area contributed by atoms with Crippen LogP contribution in [-0.4, -0.2) is 51.4 Å². The lowest BCUT2D eigenvalue weighted by molar-refractivity contribution is -0.0145. The number of ether oxygens (including phenoxy) is 1. The third-order valence-electron chi connectivity index (χ3n) is 3.29. The summed E-state index contributed by atoms with van der Waals surface area (Å²) in [6.45, 7) is 5.10. The van der Waals surface area contributed by atoms with Crippen LogP contribution in [0.1, 0.15) is 6.92 Å². The molecule has 1 heterocycles. The van der Waals surface area contributed by atoms with Gasteiger partial charge in [0.1, 0.15) is 0 Å². The third kappa shape index (κ3) is 3.68. The Kier molecular flexibility index (Phi) is 4.44. The van der Waals surface area contributed by atoms with Crippen LogP contribution in [-0.2, 0) is 14.6 Å². The highest BCUT2D eigenvalue weighted by molar-refractivity contribution is 7.91. The Labute approximate surface area is 114 Å².